The molecule has 1 unspecified atom stereocenters. The van der Waals surface area contributed by atoms with E-state index in [9.17, 15) is 4.79 Å². The number of rotatable bonds is 3. The molecule has 1 aromatic carbocycles. The number of aryl methyl sites for hydroxylation is 2. The van der Waals surface area contributed by atoms with Gasteiger partial charge in [0.2, 0.25) is 0 Å². The van der Waals surface area contributed by atoms with Crippen molar-refractivity contribution in [3.05, 3.63) is 47.4 Å². The molecule has 0 aliphatic carbocycles. The van der Waals surface area contributed by atoms with Gasteiger partial charge in [-0.25, -0.2) is 0 Å². The van der Waals surface area contributed by atoms with Crippen LogP contribution >= 0.6 is 0 Å². The van der Waals surface area contributed by atoms with Crippen molar-refractivity contribution in [2.45, 2.75) is 20.0 Å². The molecule has 1 aliphatic rings. The quantitative estimate of drug-likeness (QED) is 0.942. The van der Waals surface area contributed by atoms with Gasteiger partial charge in [-0.3, -0.25) is 4.79 Å². The second-order valence-electron chi connectivity index (χ2n) is 5.06. The van der Waals surface area contributed by atoms with Gasteiger partial charge in [0, 0.05) is 5.56 Å². The van der Waals surface area contributed by atoms with Crippen LogP contribution in [0.5, 0.6) is 11.5 Å². The maximum atomic E-state index is 12.2. The van der Waals surface area contributed by atoms with E-state index >= 15 is 0 Å². The highest BCUT2D eigenvalue weighted by Crippen LogP contribution is 2.30. The van der Waals surface area contributed by atoms with Gasteiger partial charge in [0.15, 0.2) is 11.5 Å². The zero-order valence-electron chi connectivity index (χ0n) is 12.0. The third-order valence-corrected chi connectivity index (χ3v) is 3.44. The number of para-hydroxylation sites is 2. The van der Waals surface area contributed by atoms with E-state index in [4.69, 9.17) is 13.9 Å². The minimum absolute atomic E-state index is 0.152. The van der Waals surface area contributed by atoms with Crippen molar-refractivity contribution in [1.29, 1.82) is 0 Å². The van der Waals surface area contributed by atoms with Gasteiger partial charge in [0.1, 0.15) is 18.5 Å². The Morgan fingerprint density at radius 1 is 1.29 bits per heavy atom. The number of fused-ring (bicyclic) bond motifs is 1. The number of amides is 1. The number of nitrogens with one attached hydrogen (secondary N) is 1. The summed E-state index contributed by atoms with van der Waals surface area (Å²) in [4.78, 5) is 12.2. The van der Waals surface area contributed by atoms with Crippen LogP contribution in [0.3, 0.4) is 0 Å². The summed E-state index contributed by atoms with van der Waals surface area (Å²) in [7, 11) is 0. The SMILES string of the molecule is Cc1coc(C)c1C(=O)NCC1COc2ccccc2O1. The Morgan fingerprint density at radius 2 is 2.05 bits per heavy atom. The van der Waals surface area contributed by atoms with Crippen molar-refractivity contribution in [2.24, 2.45) is 0 Å². The molecule has 110 valence electrons. The molecule has 1 atom stereocenters. The smallest absolute Gasteiger partial charge is 0.255 e. The highest BCUT2D eigenvalue weighted by molar-refractivity contribution is 5.96. The molecule has 21 heavy (non-hydrogen) atoms. The van der Waals surface area contributed by atoms with Crippen molar-refractivity contribution in [1.82, 2.24) is 5.32 Å². The number of hydrogen-bond acceptors (Lipinski definition) is 4. The summed E-state index contributed by atoms with van der Waals surface area (Å²) >= 11 is 0. The van der Waals surface area contributed by atoms with E-state index in [1.54, 1.807) is 13.2 Å². The Bertz CT molecular complexity index is 643. The molecular weight excluding hydrogens is 270 g/mol. The lowest BCUT2D eigenvalue weighted by Gasteiger charge is -2.26. The fourth-order valence-corrected chi connectivity index (χ4v) is 2.37. The molecule has 5 heteroatoms. The fraction of sp³-hybridized carbons (Fsp3) is 0.312. The van der Waals surface area contributed by atoms with Crippen LogP contribution in [0.1, 0.15) is 21.7 Å². The van der Waals surface area contributed by atoms with E-state index in [1.807, 2.05) is 31.2 Å². The number of ether oxygens (including phenoxy) is 2. The van der Waals surface area contributed by atoms with Crippen LogP contribution in [0.2, 0.25) is 0 Å². The maximum Gasteiger partial charge on any atom is 0.255 e. The molecule has 5 nitrogen and oxygen atoms in total. The third kappa shape index (κ3) is 2.72. The van der Waals surface area contributed by atoms with Crippen LogP contribution in [0.4, 0.5) is 0 Å². The van der Waals surface area contributed by atoms with Gasteiger partial charge in [-0.2, -0.15) is 0 Å². The lowest BCUT2D eigenvalue weighted by molar-refractivity contribution is 0.0788. The van der Waals surface area contributed by atoms with Crippen molar-refractivity contribution in [3.8, 4) is 11.5 Å². The Balaban J connectivity index is 1.61. The van der Waals surface area contributed by atoms with E-state index in [0.717, 1.165) is 11.3 Å². The van der Waals surface area contributed by atoms with Gasteiger partial charge in [-0.05, 0) is 26.0 Å². The van der Waals surface area contributed by atoms with Gasteiger partial charge in [0.25, 0.3) is 5.91 Å². The number of furan rings is 1. The van der Waals surface area contributed by atoms with Crippen LogP contribution in [0.25, 0.3) is 0 Å². The Morgan fingerprint density at radius 3 is 2.76 bits per heavy atom. The molecule has 0 bridgehead atoms. The highest BCUT2D eigenvalue weighted by atomic mass is 16.6. The van der Waals surface area contributed by atoms with Crippen LogP contribution in [-0.2, 0) is 0 Å². The highest BCUT2D eigenvalue weighted by Gasteiger charge is 2.22. The summed E-state index contributed by atoms with van der Waals surface area (Å²) < 4.78 is 16.6. The lowest BCUT2D eigenvalue weighted by atomic mass is 10.1. The molecule has 2 heterocycles. The predicted octanol–water partition coefficient (Wildman–Crippen LogP) is 2.47. The van der Waals surface area contributed by atoms with Gasteiger partial charge >= 0.3 is 0 Å². The first kappa shape index (κ1) is 13.5. The fourth-order valence-electron chi connectivity index (χ4n) is 2.37. The number of benzene rings is 1. The van der Waals surface area contributed by atoms with Crippen molar-refractivity contribution in [2.75, 3.05) is 13.2 Å². The Kier molecular flexibility index (Phi) is 3.56. The largest absolute Gasteiger partial charge is 0.486 e. The summed E-state index contributed by atoms with van der Waals surface area (Å²) in [6.07, 6.45) is 1.39. The minimum atomic E-state index is -0.198. The normalized spacial score (nSPS) is 16.6. The van der Waals surface area contributed by atoms with E-state index in [0.29, 0.717) is 30.2 Å². The van der Waals surface area contributed by atoms with Crippen LogP contribution < -0.4 is 14.8 Å². The monoisotopic (exact) mass is 287 g/mol. The van der Waals surface area contributed by atoms with E-state index in [2.05, 4.69) is 5.32 Å². The molecule has 0 radical (unpaired) electrons. The Labute approximate surface area is 122 Å². The second-order valence-corrected chi connectivity index (χ2v) is 5.06. The predicted molar refractivity (Wildman–Crippen MR) is 76.9 cm³/mol. The number of carbonyl (C=O) groups is 1. The molecular formula is C16H17NO4. The van der Waals surface area contributed by atoms with Crippen LogP contribution in [-0.4, -0.2) is 25.2 Å². The van der Waals surface area contributed by atoms with Gasteiger partial charge in [0.05, 0.1) is 18.4 Å². The molecule has 0 fully saturated rings. The van der Waals surface area contributed by atoms with Crippen molar-refractivity contribution in [3.63, 3.8) is 0 Å². The van der Waals surface area contributed by atoms with E-state index in [-0.39, 0.29) is 12.0 Å². The molecule has 1 aliphatic heterocycles. The van der Waals surface area contributed by atoms with Gasteiger partial charge in [-0.15, -0.1) is 0 Å². The second kappa shape index (κ2) is 5.52. The first-order chi connectivity index (χ1) is 10.1. The standard InChI is InChI=1S/C16H17NO4/c1-10-8-19-11(2)15(10)16(18)17-7-12-9-20-13-5-3-4-6-14(13)21-12/h3-6,8,12H,7,9H2,1-2H3,(H,17,18). The van der Waals surface area contributed by atoms with E-state index in [1.165, 1.54) is 0 Å². The molecule has 2 aromatic rings. The summed E-state index contributed by atoms with van der Waals surface area (Å²) in [5, 5.41) is 2.86. The molecule has 0 saturated carbocycles. The average Bonchev–Trinajstić information content (AvgIpc) is 2.84. The number of carbonyl (C=O) groups excluding carboxylic acids is 1. The summed E-state index contributed by atoms with van der Waals surface area (Å²) in [6, 6.07) is 7.51. The minimum Gasteiger partial charge on any atom is -0.486 e. The first-order valence-corrected chi connectivity index (χ1v) is 6.86. The lowest BCUT2D eigenvalue weighted by Crippen LogP contribution is -2.40. The topological polar surface area (TPSA) is 60.7 Å². The summed E-state index contributed by atoms with van der Waals surface area (Å²) in [6.45, 7) is 4.43. The summed E-state index contributed by atoms with van der Waals surface area (Å²) in [5.41, 5.74) is 1.42. The molecule has 1 aromatic heterocycles. The summed E-state index contributed by atoms with van der Waals surface area (Å²) in [5.74, 6) is 1.91. The molecule has 0 saturated heterocycles. The van der Waals surface area contributed by atoms with Crippen molar-refractivity contribution < 1.29 is 18.7 Å². The third-order valence-electron chi connectivity index (χ3n) is 3.44. The first-order valence-electron chi connectivity index (χ1n) is 6.86. The van der Waals surface area contributed by atoms with E-state index < -0.39 is 0 Å². The van der Waals surface area contributed by atoms with Gasteiger partial charge < -0.3 is 19.2 Å². The zero-order chi connectivity index (χ0) is 14.8. The van der Waals surface area contributed by atoms with Gasteiger partial charge in [-0.1, -0.05) is 12.1 Å². The Hall–Kier alpha value is -2.43. The average molecular weight is 287 g/mol. The molecule has 3 rings (SSSR count). The van der Waals surface area contributed by atoms with Crippen LogP contribution in [0, 0.1) is 13.8 Å². The molecule has 1 amide bonds. The number of hydrogen-bond donors (Lipinski definition) is 1. The van der Waals surface area contributed by atoms with Crippen LogP contribution in [0.15, 0.2) is 34.9 Å². The molecule has 0 spiro atoms. The van der Waals surface area contributed by atoms with Crippen molar-refractivity contribution >= 4 is 5.91 Å². The maximum absolute atomic E-state index is 12.2. The molecule has 1 N–H and O–H groups in total. The zero-order valence-corrected chi connectivity index (χ0v) is 12.0.